The molecule has 20 heavy (non-hydrogen) atoms. The molecule has 1 heterocycles. The summed E-state index contributed by atoms with van der Waals surface area (Å²) in [6, 6.07) is 4.69. The van der Waals surface area contributed by atoms with Crippen molar-refractivity contribution in [1.82, 2.24) is 4.90 Å². The fraction of sp³-hybridized carbons (Fsp3) is 0.462. The maximum absolute atomic E-state index is 11.5. The van der Waals surface area contributed by atoms with Crippen molar-refractivity contribution in [2.24, 2.45) is 0 Å². The summed E-state index contributed by atoms with van der Waals surface area (Å²) in [5.41, 5.74) is 0.551. The average molecular weight is 298 g/mol. The van der Waals surface area contributed by atoms with Gasteiger partial charge in [0.2, 0.25) is 5.91 Å². The van der Waals surface area contributed by atoms with Gasteiger partial charge in [-0.25, -0.2) is 0 Å². The van der Waals surface area contributed by atoms with Gasteiger partial charge in [0.25, 0.3) is 5.69 Å². The van der Waals surface area contributed by atoms with E-state index in [-0.39, 0.29) is 17.6 Å². The first-order chi connectivity index (χ1) is 9.40. The van der Waals surface area contributed by atoms with Gasteiger partial charge in [-0.05, 0) is 19.1 Å². The van der Waals surface area contributed by atoms with Crippen molar-refractivity contribution in [3.05, 3.63) is 33.3 Å². The first kappa shape index (κ1) is 14.6. The predicted octanol–water partition coefficient (Wildman–Crippen LogP) is 2.31. The standard InChI is InChI=1S/C13H16ClN3O3/c1-9-8-15(5-6-16(9)10(2)18)12-4-3-11(14)7-13(12)17(19)20/h3-4,7,9H,5-6,8H2,1-2H3/t9-/m1/s1. The molecular weight excluding hydrogens is 282 g/mol. The van der Waals surface area contributed by atoms with Crippen molar-refractivity contribution in [2.45, 2.75) is 19.9 Å². The minimum absolute atomic E-state index is 0.000903. The molecule has 1 aliphatic rings. The van der Waals surface area contributed by atoms with Gasteiger partial charge in [0.15, 0.2) is 0 Å². The summed E-state index contributed by atoms with van der Waals surface area (Å²) >= 11 is 5.82. The van der Waals surface area contributed by atoms with E-state index in [1.54, 1.807) is 17.0 Å². The number of benzene rings is 1. The summed E-state index contributed by atoms with van der Waals surface area (Å²) in [6.45, 7) is 5.19. The third-order valence-corrected chi connectivity index (χ3v) is 3.74. The number of piperazine rings is 1. The smallest absolute Gasteiger partial charge is 0.294 e. The van der Waals surface area contributed by atoms with E-state index in [4.69, 9.17) is 11.6 Å². The second kappa shape index (κ2) is 5.66. The van der Waals surface area contributed by atoms with E-state index in [1.165, 1.54) is 13.0 Å². The molecule has 1 aliphatic heterocycles. The number of rotatable bonds is 2. The van der Waals surface area contributed by atoms with Gasteiger partial charge in [0.1, 0.15) is 5.69 Å². The van der Waals surface area contributed by atoms with Crippen molar-refractivity contribution in [3.8, 4) is 0 Å². The Morgan fingerprint density at radius 2 is 2.15 bits per heavy atom. The Balaban J connectivity index is 2.26. The van der Waals surface area contributed by atoms with Gasteiger partial charge >= 0.3 is 0 Å². The number of halogens is 1. The summed E-state index contributed by atoms with van der Waals surface area (Å²) in [5.74, 6) is 0.0303. The number of amides is 1. The van der Waals surface area contributed by atoms with Gasteiger partial charge in [-0.3, -0.25) is 14.9 Å². The summed E-state index contributed by atoms with van der Waals surface area (Å²) in [5, 5.41) is 11.5. The van der Waals surface area contributed by atoms with Crippen LogP contribution >= 0.6 is 11.6 Å². The number of anilines is 1. The van der Waals surface area contributed by atoms with E-state index in [1.807, 2.05) is 11.8 Å². The zero-order chi connectivity index (χ0) is 14.9. The van der Waals surface area contributed by atoms with E-state index in [2.05, 4.69) is 0 Å². The molecule has 0 unspecified atom stereocenters. The lowest BCUT2D eigenvalue weighted by Gasteiger charge is -2.40. The molecule has 2 rings (SSSR count). The van der Waals surface area contributed by atoms with Gasteiger partial charge in [-0.1, -0.05) is 11.6 Å². The quantitative estimate of drug-likeness (QED) is 0.620. The number of nitrogens with zero attached hydrogens (tertiary/aromatic N) is 3. The largest absolute Gasteiger partial charge is 0.362 e. The summed E-state index contributed by atoms with van der Waals surface area (Å²) in [4.78, 5) is 25.9. The molecule has 1 aromatic carbocycles. The highest BCUT2D eigenvalue weighted by atomic mass is 35.5. The van der Waals surface area contributed by atoms with Gasteiger partial charge < -0.3 is 9.80 Å². The highest BCUT2D eigenvalue weighted by molar-refractivity contribution is 6.30. The fourth-order valence-corrected chi connectivity index (χ4v) is 2.72. The van der Waals surface area contributed by atoms with Crippen LogP contribution in [-0.2, 0) is 4.79 Å². The van der Waals surface area contributed by atoms with E-state index >= 15 is 0 Å². The van der Waals surface area contributed by atoms with Crippen LogP contribution in [0.15, 0.2) is 18.2 Å². The average Bonchev–Trinajstić information content (AvgIpc) is 2.37. The van der Waals surface area contributed by atoms with Crippen LogP contribution in [0, 0.1) is 10.1 Å². The van der Waals surface area contributed by atoms with E-state index in [0.29, 0.717) is 30.3 Å². The van der Waals surface area contributed by atoms with Crippen molar-refractivity contribution in [2.75, 3.05) is 24.5 Å². The Morgan fingerprint density at radius 1 is 1.45 bits per heavy atom. The third kappa shape index (κ3) is 2.85. The molecule has 0 bridgehead atoms. The molecule has 7 heteroatoms. The van der Waals surface area contributed by atoms with Crippen LogP contribution < -0.4 is 4.90 Å². The maximum atomic E-state index is 11.5. The van der Waals surface area contributed by atoms with Crippen LogP contribution in [-0.4, -0.2) is 41.4 Å². The zero-order valence-electron chi connectivity index (χ0n) is 11.4. The molecule has 6 nitrogen and oxygen atoms in total. The van der Waals surface area contributed by atoms with Crippen LogP contribution in [0.4, 0.5) is 11.4 Å². The van der Waals surface area contributed by atoms with Crippen LogP contribution in [0.1, 0.15) is 13.8 Å². The molecule has 1 aromatic rings. The highest BCUT2D eigenvalue weighted by Gasteiger charge is 2.29. The highest BCUT2D eigenvalue weighted by Crippen LogP contribution is 2.32. The first-order valence-electron chi connectivity index (χ1n) is 6.36. The molecular formula is C13H16ClN3O3. The molecule has 0 spiro atoms. The zero-order valence-corrected chi connectivity index (χ0v) is 12.1. The van der Waals surface area contributed by atoms with Crippen molar-refractivity contribution in [1.29, 1.82) is 0 Å². The predicted molar refractivity (Wildman–Crippen MR) is 77.2 cm³/mol. The number of nitro benzene ring substituents is 1. The summed E-state index contributed by atoms with van der Waals surface area (Å²) < 4.78 is 0. The number of hydrogen-bond acceptors (Lipinski definition) is 4. The lowest BCUT2D eigenvalue weighted by atomic mass is 10.1. The molecule has 0 aliphatic carbocycles. The number of hydrogen-bond donors (Lipinski definition) is 0. The van der Waals surface area contributed by atoms with E-state index in [9.17, 15) is 14.9 Å². The van der Waals surface area contributed by atoms with Gasteiger partial charge in [0.05, 0.1) is 4.92 Å². The Morgan fingerprint density at radius 3 is 2.70 bits per heavy atom. The van der Waals surface area contributed by atoms with Gasteiger partial charge in [0, 0.05) is 43.7 Å². The van der Waals surface area contributed by atoms with E-state index < -0.39 is 4.92 Å². The molecule has 0 N–H and O–H groups in total. The first-order valence-corrected chi connectivity index (χ1v) is 6.74. The Kier molecular flexibility index (Phi) is 4.13. The Hall–Kier alpha value is -1.82. The molecule has 0 saturated carbocycles. The molecule has 1 saturated heterocycles. The molecule has 0 radical (unpaired) electrons. The van der Waals surface area contributed by atoms with Crippen LogP contribution in [0.25, 0.3) is 0 Å². The van der Waals surface area contributed by atoms with E-state index in [0.717, 1.165) is 0 Å². The lowest BCUT2D eigenvalue weighted by molar-refractivity contribution is -0.384. The topological polar surface area (TPSA) is 66.7 Å². The number of nitro groups is 1. The van der Waals surface area contributed by atoms with Crippen molar-refractivity contribution in [3.63, 3.8) is 0 Å². The number of carbonyl (C=O) groups excluding carboxylic acids is 1. The maximum Gasteiger partial charge on any atom is 0.294 e. The molecule has 1 amide bonds. The minimum atomic E-state index is -0.427. The van der Waals surface area contributed by atoms with Crippen LogP contribution in [0.3, 0.4) is 0 Å². The van der Waals surface area contributed by atoms with Crippen molar-refractivity contribution >= 4 is 28.9 Å². The Labute approximate surface area is 122 Å². The molecule has 108 valence electrons. The minimum Gasteiger partial charge on any atom is -0.362 e. The van der Waals surface area contributed by atoms with Crippen molar-refractivity contribution < 1.29 is 9.72 Å². The fourth-order valence-electron chi connectivity index (χ4n) is 2.55. The lowest BCUT2D eigenvalue weighted by Crippen LogP contribution is -2.53. The SMILES string of the molecule is CC(=O)N1CCN(c2ccc(Cl)cc2[N+](=O)[O-])C[C@H]1C. The van der Waals surface area contributed by atoms with Gasteiger partial charge in [-0.15, -0.1) is 0 Å². The second-order valence-corrected chi connectivity index (χ2v) is 5.33. The molecule has 0 aromatic heterocycles. The third-order valence-electron chi connectivity index (χ3n) is 3.51. The van der Waals surface area contributed by atoms with Crippen LogP contribution in [0.5, 0.6) is 0 Å². The normalized spacial score (nSPS) is 19.1. The van der Waals surface area contributed by atoms with Gasteiger partial charge in [-0.2, -0.15) is 0 Å². The second-order valence-electron chi connectivity index (χ2n) is 4.90. The summed E-state index contributed by atoms with van der Waals surface area (Å²) in [6.07, 6.45) is 0. The van der Waals surface area contributed by atoms with Crippen LogP contribution in [0.2, 0.25) is 5.02 Å². The molecule has 1 atom stereocenters. The number of carbonyl (C=O) groups is 1. The summed E-state index contributed by atoms with van der Waals surface area (Å²) in [7, 11) is 0. The Bertz CT molecular complexity index is 550. The monoisotopic (exact) mass is 297 g/mol. The molecule has 1 fully saturated rings.